The van der Waals surface area contributed by atoms with E-state index < -0.39 is 0 Å². The molecule has 4 heteroatoms. The fraction of sp³-hybridized carbons (Fsp3) is 0.282. The second-order valence-electron chi connectivity index (χ2n) is 12.9. The molecule has 1 atom stereocenters. The average Bonchev–Trinajstić information content (AvgIpc) is 3.68. The van der Waals surface area contributed by atoms with Crippen molar-refractivity contribution in [2.24, 2.45) is 5.92 Å². The molecule has 0 fully saturated rings. The Morgan fingerprint density at radius 2 is 1.37 bits per heavy atom. The number of benzene rings is 3. The molecule has 4 aromatic carbocycles. The van der Waals surface area contributed by atoms with Gasteiger partial charge in [-0.05, 0) is 16.2 Å². The number of fused-ring (bicyclic) bond motifs is 3. The Morgan fingerprint density at radius 1 is 0.814 bits per heavy atom. The summed E-state index contributed by atoms with van der Waals surface area (Å²) in [5, 5.41) is 9.73. The van der Waals surface area contributed by atoms with Crippen LogP contribution in [0.4, 0.5) is 0 Å². The Bertz CT molecular complexity index is 1570. The van der Waals surface area contributed by atoms with Crippen LogP contribution < -0.4 is 24.8 Å². The summed E-state index contributed by atoms with van der Waals surface area (Å²) in [5.74, 6) is 0.491. The SMILES string of the molecule is CC(C)(C)c1ccc2c(c1)[cH-]c1cc(C(C)(C)C)ccc12.CC1[C-]=C(c2ccsc2)C=C1.[Cl-].[Cl-].[Zr+2]=[CH]Cc1ccccc1. The third-order valence-corrected chi connectivity index (χ3v) is 8.57. The molecule has 1 heterocycles. The van der Waals surface area contributed by atoms with Crippen LogP contribution >= 0.6 is 11.3 Å². The van der Waals surface area contributed by atoms with E-state index in [0.29, 0.717) is 5.92 Å². The molecule has 0 saturated carbocycles. The Morgan fingerprint density at radius 3 is 1.79 bits per heavy atom. The van der Waals surface area contributed by atoms with E-state index in [2.05, 4.69) is 154 Å². The molecule has 0 saturated heterocycles. The zero-order valence-electron chi connectivity index (χ0n) is 26.3. The van der Waals surface area contributed by atoms with Crippen LogP contribution in [0.2, 0.25) is 0 Å². The number of thiophene rings is 1. The van der Waals surface area contributed by atoms with Gasteiger partial charge in [0.25, 0.3) is 0 Å². The predicted octanol–water partition coefficient (Wildman–Crippen LogP) is 5.03. The first kappa shape index (κ1) is 37.2. The van der Waals surface area contributed by atoms with Crippen molar-refractivity contribution in [3.8, 4) is 0 Å². The molecule has 0 radical (unpaired) electrons. The van der Waals surface area contributed by atoms with Gasteiger partial charge in [-0.1, -0.05) is 101 Å². The van der Waals surface area contributed by atoms with Crippen LogP contribution in [-0.2, 0) is 41.5 Å². The van der Waals surface area contributed by atoms with Gasteiger partial charge in [-0.15, -0.1) is 51.4 Å². The Balaban J connectivity index is 0.000000247. The molecular formula is C39H42Cl2SZr-2. The third kappa shape index (κ3) is 10.3. The summed E-state index contributed by atoms with van der Waals surface area (Å²) in [5.41, 5.74) is 7.17. The summed E-state index contributed by atoms with van der Waals surface area (Å²) in [6, 6.07) is 28.8. The van der Waals surface area contributed by atoms with Gasteiger partial charge >= 0.3 is 70.3 Å². The van der Waals surface area contributed by atoms with Crippen LogP contribution in [0.15, 0.2) is 102 Å². The van der Waals surface area contributed by atoms with Gasteiger partial charge in [-0.3, -0.25) is 0 Å². The number of rotatable bonds is 3. The average molecular weight is 705 g/mol. The van der Waals surface area contributed by atoms with Crippen molar-refractivity contribution in [3.05, 3.63) is 130 Å². The molecule has 224 valence electrons. The van der Waals surface area contributed by atoms with E-state index in [1.807, 2.05) is 6.07 Å². The number of hydrogen-bond acceptors (Lipinski definition) is 1. The monoisotopic (exact) mass is 702 g/mol. The standard InChI is InChI=1S/C21H25.C10H9S.C8H8.2ClH.Zr/c1-20(2,3)16-7-9-18-14(12-16)11-15-13-17(21(4,5)6)8-10-19(15)18;1-8-2-3-9(6-8)10-4-5-11-7-10;1-2-8-6-4-3-5-7-8;;;/h7-13H,1-6H3;2-5,7-8H,1H3;1,3-7H,2H2;2*1H;/q2*-1;;;;+2/p-2. The van der Waals surface area contributed by atoms with Gasteiger partial charge in [-0.2, -0.15) is 29.1 Å². The normalized spacial score (nSPS) is 14.1. The summed E-state index contributed by atoms with van der Waals surface area (Å²) in [6.07, 6.45) is 8.81. The molecule has 1 aliphatic rings. The summed E-state index contributed by atoms with van der Waals surface area (Å²) >= 11 is 3.24. The number of allylic oxidation sites excluding steroid dienone is 4. The molecule has 0 N–H and O–H groups in total. The van der Waals surface area contributed by atoms with Gasteiger partial charge < -0.3 is 24.8 Å². The fourth-order valence-electron chi connectivity index (χ4n) is 4.87. The van der Waals surface area contributed by atoms with Crippen LogP contribution in [0.5, 0.6) is 0 Å². The van der Waals surface area contributed by atoms with Gasteiger partial charge in [0.15, 0.2) is 0 Å². The van der Waals surface area contributed by atoms with E-state index in [-0.39, 0.29) is 35.6 Å². The molecule has 1 unspecified atom stereocenters. The van der Waals surface area contributed by atoms with Crippen LogP contribution in [0.1, 0.15) is 70.7 Å². The van der Waals surface area contributed by atoms with Crippen molar-refractivity contribution >= 4 is 42.2 Å². The van der Waals surface area contributed by atoms with E-state index in [0.717, 1.165) is 6.42 Å². The van der Waals surface area contributed by atoms with E-state index in [1.54, 1.807) is 11.3 Å². The van der Waals surface area contributed by atoms with Gasteiger partial charge in [0.05, 0.1) is 0 Å². The maximum absolute atomic E-state index is 3.37. The van der Waals surface area contributed by atoms with Crippen molar-refractivity contribution < 1.29 is 49.0 Å². The zero-order chi connectivity index (χ0) is 29.6. The Labute approximate surface area is 290 Å². The second kappa shape index (κ2) is 16.4. The molecule has 0 nitrogen and oxygen atoms in total. The predicted molar refractivity (Wildman–Crippen MR) is 180 cm³/mol. The van der Waals surface area contributed by atoms with Crippen LogP contribution in [0.3, 0.4) is 0 Å². The Kier molecular flexibility index (Phi) is 14.2. The summed E-state index contributed by atoms with van der Waals surface area (Å²) < 4.78 is 2.25. The zero-order valence-corrected chi connectivity index (χ0v) is 31.1. The molecule has 0 amide bonds. The molecule has 1 aromatic heterocycles. The molecular weight excluding hydrogens is 663 g/mol. The molecule has 43 heavy (non-hydrogen) atoms. The van der Waals surface area contributed by atoms with E-state index >= 15 is 0 Å². The molecule has 0 spiro atoms. The van der Waals surface area contributed by atoms with Gasteiger partial charge in [0, 0.05) is 0 Å². The van der Waals surface area contributed by atoms with E-state index in [9.17, 15) is 0 Å². The van der Waals surface area contributed by atoms with Crippen molar-refractivity contribution in [2.75, 3.05) is 0 Å². The number of halogens is 2. The van der Waals surface area contributed by atoms with Gasteiger partial charge in [0.2, 0.25) is 0 Å². The summed E-state index contributed by atoms with van der Waals surface area (Å²) in [4.78, 5) is 0. The minimum absolute atomic E-state index is 0. The summed E-state index contributed by atoms with van der Waals surface area (Å²) in [6.45, 7) is 15.8. The second-order valence-corrected chi connectivity index (χ2v) is 14.6. The van der Waals surface area contributed by atoms with Crippen molar-refractivity contribution in [2.45, 2.75) is 65.7 Å². The fourth-order valence-corrected chi connectivity index (χ4v) is 6.10. The van der Waals surface area contributed by atoms with Crippen molar-refractivity contribution in [3.63, 3.8) is 0 Å². The molecule has 6 rings (SSSR count). The Hall–Kier alpha value is -1.96. The first-order valence-electron chi connectivity index (χ1n) is 14.5. The summed E-state index contributed by atoms with van der Waals surface area (Å²) in [7, 11) is 0. The number of hydrogen-bond donors (Lipinski definition) is 0. The van der Waals surface area contributed by atoms with Crippen LogP contribution in [0.25, 0.3) is 27.1 Å². The van der Waals surface area contributed by atoms with Gasteiger partial charge in [-0.25, -0.2) is 0 Å². The molecule has 1 aliphatic carbocycles. The molecule has 0 bridgehead atoms. The van der Waals surface area contributed by atoms with E-state index in [1.165, 1.54) is 73.6 Å². The van der Waals surface area contributed by atoms with Crippen molar-refractivity contribution in [1.29, 1.82) is 0 Å². The van der Waals surface area contributed by atoms with Gasteiger partial charge in [0.1, 0.15) is 0 Å². The maximum atomic E-state index is 3.37. The van der Waals surface area contributed by atoms with E-state index in [4.69, 9.17) is 0 Å². The van der Waals surface area contributed by atoms with Crippen LogP contribution in [0, 0.1) is 12.0 Å². The molecule has 0 aliphatic heterocycles. The molecule has 5 aromatic rings. The minimum atomic E-state index is 0. The third-order valence-electron chi connectivity index (χ3n) is 7.38. The van der Waals surface area contributed by atoms with Crippen molar-refractivity contribution in [1.82, 2.24) is 0 Å². The topological polar surface area (TPSA) is 0 Å². The van der Waals surface area contributed by atoms with Crippen LogP contribution in [-0.4, -0.2) is 3.71 Å². The first-order valence-corrected chi connectivity index (χ1v) is 16.8. The first-order chi connectivity index (χ1) is 19.5. The quantitative estimate of drug-likeness (QED) is 0.231.